The van der Waals surface area contributed by atoms with Crippen LogP contribution in [0.15, 0.2) is 0 Å². The number of aliphatic carboxylic acids is 1. The lowest BCUT2D eigenvalue weighted by Gasteiger charge is -2.37. The molecule has 0 aromatic carbocycles. The Morgan fingerprint density at radius 2 is 1.89 bits per heavy atom. The summed E-state index contributed by atoms with van der Waals surface area (Å²) in [6.07, 6.45) is 8.51. The van der Waals surface area contributed by atoms with Crippen LogP contribution in [-0.2, 0) is 4.79 Å². The first-order chi connectivity index (χ1) is 8.46. The van der Waals surface area contributed by atoms with Crippen LogP contribution in [0.4, 0.5) is 0 Å². The number of nitrogens with one attached hydrogen (secondary N) is 1. The molecule has 0 amide bonds. The van der Waals surface area contributed by atoms with Crippen LogP contribution in [0.3, 0.4) is 0 Å². The van der Waals surface area contributed by atoms with Gasteiger partial charge in [-0.05, 0) is 37.0 Å². The standard InChI is InChI=1S/C15H27NO2/c1-14(2,12-6-4-3-5-7-12)10-16-11-15(8-9-15)13(17)18/h12,16H,3-11H2,1-2H3,(H,17,18). The number of hydrogen-bond donors (Lipinski definition) is 2. The third-order valence-electron chi connectivity index (χ3n) is 5.06. The molecule has 18 heavy (non-hydrogen) atoms. The molecule has 2 fully saturated rings. The fourth-order valence-electron chi connectivity index (χ4n) is 3.27. The zero-order valence-corrected chi connectivity index (χ0v) is 11.8. The van der Waals surface area contributed by atoms with Crippen molar-refractivity contribution in [1.29, 1.82) is 0 Å². The first-order valence-corrected chi connectivity index (χ1v) is 7.40. The van der Waals surface area contributed by atoms with Gasteiger partial charge in [-0.2, -0.15) is 0 Å². The summed E-state index contributed by atoms with van der Waals surface area (Å²) in [4.78, 5) is 11.1. The molecule has 0 aromatic heterocycles. The van der Waals surface area contributed by atoms with Crippen LogP contribution < -0.4 is 5.32 Å². The molecule has 0 unspecified atom stereocenters. The van der Waals surface area contributed by atoms with Crippen LogP contribution in [0.2, 0.25) is 0 Å². The molecule has 104 valence electrons. The van der Waals surface area contributed by atoms with E-state index in [-0.39, 0.29) is 0 Å². The van der Waals surface area contributed by atoms with Crippen molar-refractivity contribution in [2.24, 2.45) is 16.7 Å². The second-order valence-electron chi connectivity index (χ2n) is 7.01. The summed E-state index contributed by atoms with van der Waals surface area (Å²) >= 11 is 0. The van der Waals surface area contributed by atoms with Crippen molar-refractivity contribution in [3.63, 3.8) is 0 Å². The summed E-state index contributed by atoms with van der Waals surface area (Å²) in [5.74, 6) is 0.184. The first-order valence-electron chi connectivity index (χ1n) is 7.40. The molecule has 0 bridgehead atoms. The van der Waals surface area contributed by atoms with E-state index in [9.17, 15) is 4.79 Å². The molecule has 0 heterocycles. The minimum Gasteiger partial charge on any atom is -0.481 e. The minimum absolute atomic E-state index is 0.301. The molecule has 2 aliphatic rings. The van der Waals surface area contributed by atoms with Gasteiger partial charge in [-0.15, -0.1) is 0 Å². The van der Waals surface area contributed by atoms with Crippen LogP contribution >= 0.6 is 0 Å². The first kappa shape index (κ1) is 13.9. The fourth-order valence-corrected chi connectivity index (χ4v) is 3.27. The molecule has 3 nitrogen and oxygen atoms in total. The highest BCUT2D eigenvalue weighted by atomic mass is 16.4. The summed E-state index contributed by atoms with van der Waals surface area (Å²) in [5.41, 5.74) is -0.127. The number of carboxylic acid groups (broad SMARTS) is 1. The van der Waals surface area contributed by atoms with Gasteiger partial charge in [0.1, 0.15) is 0 Å². The van der Waals surface area contributed by atoms with Gasteiger partial charge in [0.25, 0.3) is 0 Å². The lowest BCUT2D eigenvalue weighted by Crippen LogP contribution is -2.40. The maximum absolute atomic E-state index is 11.1. The lowest BCUT2D eigenvalue weighted by atomic mass is 9.71. The second-order valence-corrected chi connectivity index (χ2v) is 7.01. The molecular weight excluding hydrogens is 226 g/mol. The quantitative estimate of drug-likeness (QED) is 0.765. The summed E-state index contributed by atoms with van der Waals surface area (Å²) < 4.78 is 0. The van der Waals surface area contributed by atoms with Gasteiger partial charge in [-0.3, -0.25) is 4.79 Å². The van der Waals surface area contributed by atoms with Gasteiger partial charge in [0.2, 0.25) is 0 Å². The SMILES string of the molecule is CC(C)(CNCC1(C(=O)O)CC1)C1CCCCC1. The average molecular weight is 253 g/mol. The van der Waals surface area contributed by atoms with E-state index in [1.165, 1.54) is 32.1 Å². The number of carbonyl (C=O) groups is 1. The fraction of sp³-hybridized carbons (Fsp3) is 0.933. The van der Waals surface area contributed by atoms with Crippen molar-refractivity contribution < 1.29 is 9.90 Å². The lowest BCUT2D eigenvalue weighted by molar-refractivity contribution is -0.143. The highest BCUT2D eigenvalue weighted by molar-refractivity contribution is 5.78. The van der Waals surface area contributed by atoms with Crippen molar-refractivity contribution >= 4 is 5.97 Å². The molecule has 2 saturated carbocycles. The van der Waals surface area contributed by atoms with E-state index in [2.05, 4.69) is 19.2 Å². The van der Waals surface area contributed by atoms with Gasteiger partial charge < -0.3 is 10.4 Å². The van der Waals surface area contributed by atoms with Gasteiger partial charge in [0.15, 0.2) is 0 Å². The van der Waals surface area contributed by atoms with E-state index < -0.39 is 11.4 Å². The van der Waals surface area contributed by atoms with E-state index in [0.29, 0.717) is 12.0 Å². The van der Waals surface area contributed by atoms with E-state index in [0.717, 1.165) is 25.3 Å². The van der Waals surface area contributed by atoms with E-state index >= 15 is 0 Å². The highest BCUT2D eigenvalue weighted by Crippen LogP contribution is 2.45. The molecule has 0 radical (unpaired) electrons. The largest absolute Gasteiger partial charge is 0.481 e. The Labute approximate surface area is 110 Å². The van der Waals surface area contributed by atoms with Crippen molar-refractivity contribution in [2.75, 3.05) is 13.1 Å². The Morgan fingerprint density at radius 1 is 1.28 bits per heavy atom. The third kappa shape index (κ3) is 3.05. The normalized spacial score (nSPS) is 23.9. The molecule has 3 heteroatoms. The molecule has 2 N–H and O–H groups in total. The van der Waals surface area contributed by atoms with E-state index in [1.807, 2.05) is 0 Å². The summed E-state index contributed by atoms with van der Waals surface area (Å²) in [7, 11) is 0. The Kier molecular flexibility index (Phi) is 4.00. The zero-order chi connectivity index (χ0) is 13.2. The molecule has 2 rings (SSSR count). The molecule has 0 spiro atoms. The number of carboxylic acids is 1. The average Bonchev–Trinajstić information content (AvgIpc) is 3.11. The van der Waals surface area contributed by atoms with E-state index in [4.69, 9.17) is 5.11 Å². The zero-order valence-electron chi connectivity index (χ0n) is 11.8. The maximum atomic E-state index is 11.1. The van der Waals surface area contributed by atoms with Crippen molar-refractivity contribution in [3.05, 3.63) is 0 Å². The van der Waals surface area contributed by atoms with Crippen LogP contribution in [0.5, 0.6) is 0 Å². The Hall–Kier alpha value is -0.570. The van der Waals surface area contributed by atoms with Crippen LogP contribution in [0.25, 0.3) is 0 Å². The van der Waals surface area contributed by atoms with Crippen molar-refractivity contribution in [3.8, 4) is 0 Å². The van der Waals surface area contributed by atoms with Crippen LogP contribution in [0, 0.1) is 16.7 Å². The molecule has 0 aromatic rings. The Bertz CT molecular complexity index is 302. The summed E-state index contributed by atoms with van der Waals surface area (Å²) in [6, 6.07) is 0. The third-order valence-corrected chi connectivity index (χ3v) is 5.06. The summed E-state index contributed by atoms with van der Waals surface area (Å²) in [6.45, 7) is 6.26. The highest BCUT2D eigenvalue weighted by Gasteiger charge is 2.50. The van der Waals surface area contributed by atoms with Gasteiger partial charge in [0.05, 0.1) is 5.41 Å². The molecule has 0 saturated heterocycles. The van der Waals surface area contributed by atoms with Gasteiger partial charge in [-0.1, -0.05) is 33.1 Å². The second kappa shape index (κ2) is 5.20. The van der Waals surface area contributed by atoms with Gasteiger partial charge in [-0.25, -0.2) is 0 Å². The number of hydrogen-bond acceptors (Lipinski definition) is 2. The van der Waals surface area contributed by atoms with Gasteiger partial charge >= 0.3 is 5.97 Å². The monoisotopic (exact) mass is 253 g/mol. The minimum atomic E-state index is -0.620. The van der Waals surface area contributed by atoms with Crippen LogP contribution in [-0.4, -0.2) is 24.2 Å². The van der Waals surface area contributed by atoms with Crippen molar-refractivity contribution in [1.82, 2.24) is 5.32 Å². The summed E-state index contributed by atoms with van der Waals surface area (Å²) in [5, 5.41) is 12.6. The Morgan fingerprint density at radius 3 is 2.39 bits per heavy atom. The van der Waals surface area contributed by atoms with E-state index in [1.54, 1.807) is 0 Å². The van der Waals surface area contributed by atoms with Gasteiger partial charge in [0, 0.05) is 13.1 Å². The Balaban J connectivity index is 1.76. The maximum Gasteiger partial charge on any atom is 0.310 e. The predicted molar refractivity (Wildman–Crippen MR) is 72.5 cm³/mol. The molecule has 0 atom stereocenters. The smallest absolute Gasteiger partial charge is 0.310 e. The predicted octanol–water partition coefficient (Wildman–Crippen LogP) is 3.05. The molecule has 0 aliphatic heterocycles. The number of rotatable bonds is 6. The van der Waals surface area contributed by atoms with Crippen molar-refractivity contribution in [2.45, 2.75) is 58.8 Å². The molecule has 2 aliphatic carbocycles. The topological polar surface area (TPSA) is 49.3 Å². The van der Waals surface area contributed by atoms with Crippen LogP contribution in [0.1, 0.15) is 58.8 Å². The molecular formula is C15H27NO2.